The molecule has 1 heterocycles. The molecular formula is C14H16F2N2OS. The third kappa shape index (κ3) is 3.17. The molecule has 2 rings (SSSR count). The number of aliphatic imine (C=N–C) groups is 1. The molecule has 0 aromatic heterocycles. The van der Waals surface area contributed by atoms with Crippen molar-refractivity contribution in [2.75, 3.05) is 0 Å². The maximum absolute atomic E-state index is 13.7. The van der Waals surface area contributed by atoms with Crippen molar-refractivity contribution in [1.82, 2.24) is 5.32 Å². The maximum Gasteiger partial charge on any atom is 0.261 e. The second-order valence-corrected chi connectivity index (χ2v) is 6.20. The van der Waals surface area contributed by atoms with E-state index < -0.39 is 11.6 Å². The summed E-state index contributed by atoms with van der Waals surface area (Å²) in [6, 6.07) is 3.06. The fourth-order valence-corrected chi connectivity index (χ4v) is 3.02. The topological polar surface area (TPSA) is 41.5 Å². The normalized spacial score (nSPS) is 20.2. The van der Waals surface area contributed by atoms with Crippen LogP contribution in [0.4, 0.5) is 8.78 Å². The second kappa shape index (κ2) is 5.91. The Bertz CT molecular complexity index is 560. The molecule has 1 aromatic carbocycles. The molecule has 1 N–H and O–H groups in total. The number of carbonyl (C=O) groups excluding carboxylic acids is 1. The summed E-state index contributed by atoms with van der Waals surface area (Å²) in [7, 11) is 0. The van der Waals surface area contributed by atoms with Crippen molar-refractivity contribution >= 4 is 22.8 Å². The van der Waals surface area contributed by atoms with E-state index in [-0.39, 0.29) is 23.1 Å². The molecule has 0 saturated carbocycles. The van der Waals surface area contributed by atoms with Gasteiger partial charge in [-0.25, -0.2) is 8.78 Å². The van der Waals surface area contributed by atoms with Crippen LogP contribution in [0.25, 0.3) is 0 Å². The van der Waals surface area contributed by atoms with Crippen LogP contribution in [0.15, 0.2) is 23.2 Å². The van der Waals surface area contributed by atoms with Crippen LogP contribution in [-0.4, -0.2) is 16.3 Å². The lowest BCUT2D eigenvalue weighted by Gasteiger charge is -2.16. The summed E-state index contributed by atoms with van der Waals surface area (Å²) in [5.74, 6) is -1.20. The summed E-state index contributed by atoms with van der Waals surface area (Å²) < 4.78 is 26.5. The first-order valence-electron chi connectivity index (χ1n) is 6.39. The number of hydrogen-bond donors (Lipinski definition) is 1. The molecule has 1 aromatic rings. The Kier molecular flexibility index (Phi) is 4.42. The number of thioether (sulfide) groups is 1. The molecule has 0 fully saturated rings. The fraction of sp³-hybridized carbons (Fsp3) is 0.429. The predicted molar refractivity (Wildman–Crippen MR) is 76.6 cm³/mol. The monoisotopic (exact) mass is 298 g/mol. The third-order valence-electron chi connectivity index (χ3n) is 3.07. The second-order valence-electron chi connectivity index (χ2n) is 5.07. The number of carbonyl (C=O) groups is 1. The molecule has 1 aliphatic rings. The van der Waals surface area contributed by atoms with Crippen molar-refractivity contribution in [2.45, 2.75) is 32.1 Å². The van der Waals surface area contributed by atoms with Gasteiger partial charge < -0.3 is 5.32 Å². The summed E-state index contributed by atoms with van der Waals surface area (Å²) in [6.45, 7) is 5.65. The molecule has 0 aliphatic carbocycles. The first-order valence-corrected chi connectivity index (χ1v) is 7.27. The van der Waals surface area contributed by atoms with Crippen molar-refractivity contribution in [3.63, 3.8) is 0 Å². The van der Waals surface area contributed by atoms with Crippen LogP contribution in [0.1, 0.15) is 32.4 Å². The van der Waals surface area contributed by atoms with Crippen LogP contribution in [0.2, 0.25) is 0 Å². The molecule has 0 unspecified atom stereocenters. The summed E-state index contributed by atoms with van der Waals surface area (Å²) in [6.07, 6.45) is 0. The summed E-state index contributed by atoms with van der Waals surface area (Å²) in [5.41, 5.74) is 0.343. The minimum atomic E-state index is -0.611. The van der Waals surface area contributed by atoms with Crippen LogP contribution >= 0.6 is 11.8 Å². The highest BCUT2D eigenvalue weighted by Crippen LogP contribution is 2.29. The summed E-state index contributed by atoms with van der Waals surface area (Å²) >= 11 is 1.35. The molecule has 0 bridgehead atoms. The molecule has 108 valence electrons. The first-order chi connectivity index (χ1) is 9.38. The quantitative estimate of drug-likeness (QED) is 0.931. The van der Waals surface area contributed by atoms with Crippen LogP contribution in [-0.2, 0) is 4.79 Å². The Hall–Kier alpha value is -1.43. The van der Waals surface area contributed by atoms with Gasteiger partial charge in [-0.1, -0.05) is 31.7 Å². The zero-order valence-corrected chi connectivity index (χ0v) is 12.3. The molecule has 3 nitrogen and oxygen atoms in total. The molecule has 0 saturated heterocycles. The van der Waals surface area contributed by atoms with Gasteiger partial charge >= 0.3 is 0 Å². The Labute approximate surface area is 120 Å². The van der Waals surface area contributed by atoms with E-state index in [0.717, 1.165) is 6.07 Å². The van der Waals surface area contributed by atoms with E-state index >= 15 is 0 Å². The third-order valence-corrected chi connectivity index (χ3v) is 4.50. The van der Waals surface area contributed by atoms with Gasteiger partial charge in [0.2, 0.25) is 0 Å². The van der Waals surface area contributed by atoms with Gasteiger partial charge in [0.05, 0.1) is 11.3 Å². The van der Waals surface area contributed by atoms with E-state index in [1.807, 2.05) is 13.8 Å². The van der Waals surface area contributed by atoms with Gasteiger partial charge in [-0.05, 0) is 18.9 Å². The van der Waals surface area contributed by atoms with Gasteiger partial charge in [0, 0.05) is 11.6 Å². The van der Waals surface area contributed by atoms with Gasteiger partial charge in [0.1, 0.15) is 11.6 Å². The summed E-state index contributed by atoms with van der Waals surface area (Å²) in [5, 5.41) is 3.30. The van der Waals surface area contributed by atoms with E-state index in [4.69, 9.17) is 0 Å². The van der Waals surface area contributed by atoms with Gasteiger partial charge in [0.25, 0.3) is 5.91 Å². The lowest BCUT2D eigenvalue weighted by atomic mass is 10.1. The molecule has 1 amide bonds. The smallest absolute Gasteiger partial charge is 0.261 e. The SMILES string of the molecule is CC(C)[C@H]1SC(N[C@@H](C)c2ccc(F)cc2F)=NC1=O. The summed E-state index contributed by atoms with van der Waals surface area (Å²) in [4.78, 5) is 15.6. The number of hydrogen-bond acceptors (Lipinski definition) is 3. The number of halogens is 2. The number of nitrogens with zero attached hydrogens (tertiary/aromatic N) is 1. The van der Waals surface area contributed by atoms with Crippen LogP contribution < -0.4 is 5.32 Å². The van der Waals surface area contributed by atoms with Crippen LogP contribution in [0, 0.1) is 17.6 Å². The molecule has 2 atom stereocenters. The minimum Gasteiger partial charge on any atom is -0.358 e. The van der Waals surface area contributed by atoms with Gasteiger partial charge in [-0.15, -0.1) is 0 Å². The predicted octanol–water partition coefficient (Wildman–Crippen LogP) is 3.27. The number of nitrogens with one attached hydrogen (secondary N) is 1. The molecular weight excluding hydrogens is 282 g/mol. The van der Waals surface area contributed by atoms with Crippen molar-refractivity contribution in [2.24, 2.45) is 10.9 Å². The standard InChI is InChI=1S/C14H16F2N2OS/c1-7(2)12-13(19)18-14(20-12)17-8(3)10-5-4-9(15)6-11(10)16/h4-8,12H,1-3H3,(H,17,18,19)/t8-,12+/m0/s1. The average Bonchev–Trinajstić information content (AvgIpc) is 2.70. The van der Waals surface area contributed by atoms with E-state index in [1.54, 1.807) is 6.92 Å². The lowest BCUT2D eigenvalue weighted by Crippen LogP contribution is -2.24. The lowest BCUT2D eigenvalue weighted by molar-refractivity contribution is -0.117. The first kappa shape index (κ1) is 15.0. The van der Waals surface area contributed by atoms with E-state index in [2.05, 4.69) is 10.3 Å². The van der Waals surface area contributed by atoms with Crippen molar-refractivity contribution in [3.05, 3.63) is 35.4 Å². The highest BCUT2D eigenvalue weighted by molar-refractivity contribution is 8.15. The van der Waals surface area contributed by atoms with E-state index in [1.165, 1.54) is 23.9 Å². The van der Waals surface area contributed by atoms with E-state index in [9.17, 15) is 13.6 Å². The molecule has 0 radical (unpaired) electrons. The number of rotatable bonds is 3. The van der Waals surface area contributed by atoms with Gasteiger partial charge in [-0.3, -0.25) is 4.79 Å². The van der Waals surface area contributed by atoms with Crippen LogP contribution in [0.3, 0.4) is 0 Å². The fourth-order valence-electron chi connectivity index (χ4n) is 1.96. The average molecular weight is 298 g/mol. The molecule has 6 heteroatoms. The van der Waals surface area contributed by atoms with E-state index in [0.29, 0.717) is 10.7 Å². The zero-order valence-electron chi connectivity index (χ0n) is 11.5. The van der Waals surface area contributed by atoms with Crippen LogP contribution in [0.5, 0.6) is 0 Å². The molecule has 1 aliphatic heterocycles. The van der Waals surface area contributed by atoms with Crippen molar-refractivity contribution < 1.29 is 13.6 Å². The number of benzene rings is 1. The zero-order chi connectivity index (χ0) is 14.9. The largest absolute Gasteiger partial charge is 0.358 e. The number of amides is 1. The Morgan fingerprint density at radius 3 is 2.55 bits per heavy atom. The Morgan fingerprint density at radius 2 is 2.00 bits per heavy atom. The van der Waals surface area contributed by atoms with Gasteiger partial charge in [-0.2, -0.15) is 4.99 Å². The number of amidine groups is 1. The Morgan fingerprint density at radius 1 is 1.30 bits per heavy atom. The molecule has 0 spiro atoms. The molecule has 20 heavy (non-hydrogen) atoms. The highest BCUT2D eigenvalue weighted by Gasteiger charge is 2.31. The maximum atomic E-state index is 13.7. The van der Waals surface area contributed by atoms with Crippen molar-refractivity contribution in [1.29, 1.82) is 0 Å². The highest BCUT2D eigenvalue weighted by atomic mass is 32.2. The Balaban J connectivity index is 2.07. The van der Waals surface area contributed by atoms with Crippen molar-refractivity contribution in [3.8, 4) is 0 Å². The minimum absolute atomic E-state index is 0.167. The van der Waals surface area contributed by atoms with Gasteiger partial charge in [0.15, 0.2) is 5.17 Å².